The van der Waals surface area contributed by atoms with Crippen molar-refractivity contribution in [2.45, 2.75) is 12.6 Å². The van der Waals surface area contributed by atoms with Gasteiger partial charge in [0.1, 0.15) is 13.2 Å². The molecule has 7 heteroatoms. The lowest BCUT2D eigenvalue weighted by molar-refractivity contribution is -0.175. The Morgan fingerprint density at radius 3 is 2.84 bits per heavy atom. The number of hydrogen-bond donors (Lipinski definition) is 1. The first-order valence-corrected chi connectivity index (χ1v) is 5.71. The molecular weight excluding hydrogens is 261 g/mol. The van der Waals surface area contributed by atoms with Crippen LogP contribution in [0, 0.1) is 0 Å². The molecule has 1 heterocycles. The predicted molar refractivity (Wildman–Crippen MR) is 63.8 cm³/mol. The van der Waals surface area contributed by atoms with Crippen molar-refractivity contribution in [3.8, 4) is 0 Å². The van der Waals surface area contributed by atoms with Crippen LogP contribution in [0.25, 0.3) is 0 Å². The molecule has 19 heavy (non-hydrogen) atoms. The van der Waals surface area contributed by atoms with Gasteiger partial charge in [-0.05, 0) is 18.1 Å². The van der Waals surface area contributed by atoms with E-state index >= 15 is 0 Å². The maximum absolute atomic E-state index is 11.9. The molecule has 0 aliphatic carbocycles. The minimum absolute atomic E-state index is 0.414. The van der Waals surface area contributed by atoms with E-state index in [2.05, 4.69) is 4.74 Å². The molecule has 2 rings (SSSR count). The fourth-order valence-electron chi connectivity index (χ4n) is 2.07. The number of nitrogens with two attached hydrogens (primary N) is 1. The lowest BCUT2D eigenvalue weighted by Crippen LogP contribution is -2.34. The van der Waals surface area contributed by atoms with E-state index in [-0.39, 0.29) is 0 Å². The number of carbonyl (C=O) groups is 1. The lowest BCUT2D eigenvalue weighted by Gasteiger charge is -2.19. The zero-order valence-corrected chi connectivity index (χ0v) is 10.0. The minimum atomic E-state index is -4.43. The third kappa shape index (κ3) is 3.17. The Morgan fingerprint density at radius 1 is 1.42 bits per heavy atom. The zero-order chi connectivity index (χ0) is 14.0. The molecule has 0 spiro atoms. The van der Waals surface area contributed by atoms with Gasteiger partial charge in [0.2, 0.25) is 0 Å². The van der Waals surface area contributed by atoms with E-state index in [4.69, 9.17) is 5.73 Å². The number of para-hydroxylation sites is 1. The van der Waals surface area contributed by atoms with Crippen LogP contribution < -0.4 is 10.6 Å². The Labute approximate surface area is 107 Å². The Hall–Kier alpha value is -1.76. The molecule has 0 saturated heterocycles. The van der Waals surface area contributed by atoms with E-state index in [9.17, 15) is 18.0 Å². The molecule has 0 unspecified atom stereocenters. The smallest absolute Gasteiger partial charge is 0.397 e. The molecular formula is C12H13F3N2O2. The van der Waals surface area contributed by atoms with E-state index in [1.807, 2.05) is 6.07 Å². The van der Waals surface area contributed by atoms with Crippen LogP contribution in [-0.2, 0) is 16.0 Å². The fourth-order valence-corrected chi connectivity index (χ4v) is 2.07. The maximum atomic E-state index is 11.9. The summed E-state index contributed by atoms with van der Waals surface area (Å²) in [7, 11) is 0. The summed E-state index contributed by atoms with van der Waals surface area (Å²) >= 11 is 0. The molecule has 1 aliphatic rings. The molecule has 4 nitrogen and oxygen atoms in total. The van der Waals surface area contributed by atoms with Gasteiger partial charge in [-0.2, -0.15) is 13.2 Å². The molecule has 1 aliphatic heterocycles. The fraction of sp³-hybridized carbons (Fsp3) is 0.417. The van der Waals surface area contributed by atoms with Crippen LogP contribution in [0.3, 0.4) is 0 Å². The average molecular weight is 274 g/mol. The van der Waals surface area contributed by atoms with Gasteiger partial charge in [-0.15, -0.1) is 0 Å². The first kappa shape index (κ1) is 13.7. The van der Waals surface area contributed by atoms with Crippen LogP contribution in [0.2, 0.25) is 0 Å². The van der Waals surface area contributed by atoms with Crippen molar-refractivity contribution in [1.29, 1.82) is 0 Å². The minimum Gasteiger partial charge on any atom is -0.397 e. The van der Waals surface area contributed by atoms with Crippen LogP contribution in [-0.4, -0.2) is 31.8 Å². The molecule has 0 radical (unpaired) electrons. The molecule has 0 atom stereocenters. The van der Waals surface area contributed by atoms with Crippen molar-refractivity contribution in [2.75, 3.05) is 30.4 Å². The van der Waals surface area contributed by atoms with E-state index in [0.717, 1.165) is 5.56 Å². The summed E-state index contributed by atoms with van der Waals surface area (Å²) in [4.78, 5) is 13.2. The second-order valence-electron chi connectivity index (χ2n) is 4.26. The van der Waals surface area contributed by atoms with Crippen LogP contribution >= 0.6 is 0 Å². The van der Waals surface area contributed by atoms with Gasteiger partial charge < -0.3 is 15.4 Å². The van der Waals surface area contributed by atoms with Gasteiger partial charge in [0, 0.05) is 6.54 Å². The topological polar surface area (TPSA) is 55.6 Å². The molecule has 1 aromatic carbocycles. The molecule has 2 N–H and O–H groups in total. The van der Waals surface area contributed by atoms with Crippen LogP contribution in [0.1, 0.15) is 5.56 Å². The number of nitrogen functional groups attached to an aromatic ring is 1. The van der Waals surface area contributed by atoms with Gasteiger partial charge in [0.05, 0.1) is 11.4 Å². The van der Waals surface area contributed by atoms with Crippen molar-refractivity contribution >= 4 is 17.3 Å². The standard InChI is InChI=1S/C12H13F3N2O2/c13-12(14,15)7-19-6-10(18)17-5-4-8-2-1-3-9(16)11(8)17/h1-3H,4-7,16H2. The van der Waals surface area contributed by atoms with Crippen molar-refractivity contribution in [2.24, 2.45) is 0 Å². The number of fused-ring (bicyclic) bond motifs is 1. The average Bonchev–Trinajstić information content (AvgIpc) is 2.72. The summed E-state index contributed by atoms with van der Waals surface area (Å²) in [5.74, 6) is -0.513. The second kappa shape index (κ2) is 5.08. The highest BCUT2D eigenvalue weighted by Crippen LogP contribution is 2.33. The number of ether oxygens (including phenoxy) is 1. The molecule has 1 aromatic rings. The Bertz CT molecular complexity index is 488. The number of carbonyl (C=O) groups excluding carboxylic acids is 1. The number of alkyl halides is 3. The van der Waals surface area contributed by atoms with Crippen molar-refractivity contribution in [1.82, 2.24) is 0 Å². The quantitative estimate of drug-likeness (QED) is 0.854. The van der Waals surface area contributed by atoms with Gasteiger partial charge in [0.25, 0.3) is 5.91 Å². The van der Waals surface area contributed by atoms with E-state index in [0.29, 0.717) is 24.3 Å². The summed E-state index contributed by atoms with van der Waals surface area (Å²) < 4.78 is 40.1. The summed E-state index contributed by atoms with van der Waals surface area (Å²) in [5.41, 5.74) is 7.73. The van der Waals surface area contributed by atoms with Crippen LogP contribution in [0.5, 0.6) is 0 Å². The largest absolute Gasteiger partial charge is 0.411 e. The van der Waals surface area contributed by atoms with Gasteiger partial charge in [-0.1, -0.05) is 12.1 Å². The first-order chi connectivity index (χ1) is 8.88. The molecule has 0 bridgehead atoms. The van der Waals surface area contributed by atoms with Gasteiger partial charge in [-0.3, -0.25) is 4.79 Å². The Balaban J connectivity index is 2.00. The van der Waals surface area contributed by atoms with Crippen LogP contribution in [0.15, 0.2) is 18.2 Å². The predicted octanol–water partition coefficient (Wildman–Crippen LogP) is 1.74. The van der Waals surface area contributed by atoms with E-state index in [1.54, 1.807) is 12.1 Å². The molecule has 1 amide bonds. The van der Waals surface area contributed by atoms with Gasteiger partial charge in [0.15, 0.2) is 0 Å². The Kier molecular flexibility index (Phi) is 3.66. The molecule has 0 saturated carbocycles. The summed E-state index contributed by atoms with van der Waals surface area (Å²) in [6.45, 7) is -1.62. The Morgan fingerprint density at radius 2 is 2.16 bits per heavy atom. The highest BCUT2D eigenvalue weighted by atomic mass is 19.4. The summed E-state index contributed by atoms with van der Waals surface area (Å²) in [6, 6.07) is 5.28. The number of nitrogens with zero attached hydrogens (tertiary/aromatic N) is 1. The monoisotopic (exact) mass is 274 g/mol. The third-order valence-electron chi connectivity index (χ3n) is 2.82. The number of halogens is 3. The van der Waals surface area contributed by atoms with E-state index < -0.39 is 25.3 Å². The van der Waals surface area contributed by atoms with Crippen molar-refractivity contribution < 1.29 is 22.7 Å². The lowest BCUT2D eigenvalue weighted by atomic mass is 10.1. The molecule has 104 valence electrons. The molecule has 0 fully saturated rings. The van der Waals surface area contributed by atoms with Crippen LogP contribution in [0.4, 0.5) is 24.5 Å². The first-order valence-electron chi connectivity index (χ1n) is 5.71. The summed E-state index contributed by atoms with van der Waals surface area (Å²) in [6.07, 6.45) is -3.78. The highest BCUT2D eigenvalue weighted by molar-refractivity contribution is 5.99. The van der Waals surface area contributed by atoms with E-state index in [1.165, 1.54) is 4.90 Å². The number of hydrogen-bond acceptors (Lipinski definition) is 3. The summed E-state index contributed by atoms with van der Waals surface area (Å²) in [5, 5.41) is 0. The number of rotatable bonds is 3. The zero-order valence-electron chi connectivity index (χ0n) is 10.0. The maximum Gasteiger partial charge on any atom is 0.411 e. The van der Waals surface area contributed by atoms with Crippen molar-refractivity contribution in [3.05, 3.63) is 23.8 Å². The van der Waals surface area contributed by atoms with Crippen molar-refractivity contribution in [3.63, 3.8) is 0 Å². The SMILES string of the molecule is Nc1cccc2c1N(C(=O)COCC(F)(F)F)CC2. The normalized spacial score (nSPS) is 14.6. The third-order valence-corrected chi connectivity index (χ3v) is 2.82. The highest BCUT2D eigenvalue weighted by Gasteiger charge is 2.30. The number of amides is 1. The number of anilines is 2. The second-order valence-corrected chi connectivity index (χ2v) is 4.26. The van der Waals surface area contributed by atoms with Gasteiger partial charge in [-0.25, -0.2) is 0 Å². The van der Waals surface area contributed by atoms with Gasteiger partial charge >= 0.3 is 6.18 Å². The molecule has 0 aromatic heterocycles. The number of benzene rings is 1.